The first-order valence-electron chi connectivity index (χ1n) is 6.00. The van der Waals surface area contributed by atoms with E-state index < -0.39 is 12.1 Å². The van der Waals surface area contributed by atoms with Gasteiger partial charge >= 0.3 is 12.1 Å². The van der Waals surface area contributed by atoms with Crippen molar-refractivity contribution in [3.8, 4) is 5.75 Å². The Kier molecular flexibility index (Phi) is 6.21. The number of carbonyl (C=O) groups excluding carboxylic acids is 1. The van der Waals surface area contributed by atoms with Crippen molar-refractivity contribution in [2.45, 2.75) is 13.3 Å². The molecule has 1 amide bonds. The molecule has 0 spiro atoms. The second-order valence-electron chi connectivity index (χ2n) is 3.68. The Morgan fingerprint density at radius 2 is 1.95 bits per heavy atom. The van der Waals surface area contributed by atoms with E-state index in [2.05, 4.69) is 5.32 Å². The molecule has 0 unspecified atom stereocenters. The van der Waals surface area contributed by atoms with E-state index in [1.807, 2.05) is 0 Å². The van der Waals surface area contributed by atoms with Crippen LogP contribution in [0.3, 0.4) is 0 Å². The van der Waals surface area contributed by atoms with Crippen LogP contribution in [0.25, 0.3) is 0 Å². The Morgan fingerprint density at radius 1 is 1.26 bits per heavy atom. The number of benzene rings is 1. The molecule has 0 heterocycles. The average Bonchev–Trinajstić information content (AvgIpc) is 2.39. The highest BCUT2D eigenvalue weighted by molar-refractivity contribution is 5.87. The standard InChI is InChI=1S/C13H17NO5/c1-2-18-13(17)14-8-3-9-19-11-6-4-10(5-7-11)12(15)16/h4-7H,2-3,8-9H2,1H3,(H,14,17)(H,15,16). The predicted molar refractivity (Wildman–Crippen MR) is 68.5 cm³/mol. The summed E-state index contributed by atoms with van der Waals surface area (Å²) in [4.78, 5) is 21.6. The Hall–Kier alpha value is -2.24. The first-order valence-corrected chi connectivity index (χ1v) is 6.00. The van der Waals surface area contributed by atoms with Crippen LogP contribution in [0.4, 0.5) is 4.79 Å². The number of hydrogen-bond acceptors (Lipinski definition) is 4. The Morgan fingerprint density at radius 3 is 2.53 bits per heavy atom. The van der Waals surface area contributed by atoms with Gasteiger partial charge in [0, 0.05) is 6.54 Å². The molecule has 0 bridgehead atoms. The SMILES string of the molecule is CCOC(=O)NCCCOc1ccc(C(=O)O)cc1. The van der Waals surface area contributed by atoms with Crippen LogP contribution in [-0.2, 0) is 4.74 Å². The minimum Gasteiger partial charge on any atom is -0.494 e. The quantitative estimate of drug-likeness (QED) is 0.737. The van der Waals surface area contributed by atoms with Crippen molar-refractivity contribution in [3.05, 3.63) is 29.8 Å². The third kappa shape index (κ3) is 5.76. The fraction of sp³-hybridized carbons (Fsp3) is 0.385. The number of rotatable bonds is 7. The van der Waals surface area contributed by atoms with Crippen LogP contribution in [-0.4, -0.2) is 36.9 Å². The maximum Gasteiger partial charge on any atom is 0.407 e. The van der Waals surface area contributed by atoms with Crippen LogP contribution in [0.15, 0.2) is 24.3 Å². The molecule has 0 aliphatic carbocycles. The largest absolute Gasteiger partial charge is 0.494 e. The maximum atomic E-state index is 10.9. The van der Waals surface area contributed by atoms with Gasteiger partial charge in [0.2, 0.25) is 0 Å². The molecular weight excluding hydrogens is 250 g/mol. The molecule has 1 aromatic carbocycles. The Labute approximate surface area is 111 Å². The fourth-order valence-corrected chi connectivity index (χ4v) is 1.33. The number of carboxylic acids is 1. The molecule has 0 radical (unpaired) electrons. The normalized spacial score (nSPS) is 9.74. The molecule has 0 fully saturated rings. The van der Waals surface area contributed by atoms with Gasteiger partial charge in [-0.1, -0.05) is 0 Å². The van der Waals surface area contributed by atoms with Crippen molar-refractivity contribution in [2.24, 2.45) is 0 Å². The Balaban J connectivity index is 2.19. The van der Waals surface area contributed by atoms with Crippen LogP contribution in [0.2, 0.25) is 0 Å². The highest BCUT2D eigenvalue weighted by Crippen LogP contribution is 2.12. The van der Waals surface area contributed by atoms with Crippen molar-refractivity contribution in [1.82, 2.24) is 5.32 Å². The van der Waals surface area contributed by atoms with Gasteiger partial charge in [-0.05, 0) is 37.6 Å². The van der Waals surface area contributed by atoms with Gasteiger partial charge in [0.15, 0.2) is 0 Å². The minimum absolute atomic E-state index is 0.219. The molecule has 0 aliphatic heterocycles. The summed E-state index contributed by atoms with van der Waals surface area (Å²) in [7, 11) is 0. The summed E-state index contributed by atoms with van der Waals surface area (Å²) in [5.74, 6) is -0.369. The van der Waals surface area contributed by atoms with Crippen LogP contribution >= 0.6 is 0 Å². The van der Waals surface area contributed by atoms with Gasteiger partial charge in [-0.3, -0.25) is 0 Å². The van der Waals surface area contributed by atoms with Gasteiger partial charge in [0.25, 0.3) is 0 Å². The lowest BCUT2D eigenvalue weighted by Crippen LogP contribution is -2.26. The molecule has 0 aliphatic rings. The van der Waals surface area contributed by atoms with E-state index in [1.165, 1.54) is 12.1 Å². The molecule has 104 valence electrons. The number of alkyl carbamates (subject to hydrolysis) is 1. The third-order valence-corrected chi connectivity index (χ3v) is 2.24. The zero-order valence-electron chi connectivity index (χ0n) is 10.7. The molecule has 2 N–H and O–H groups in total. The lowest BCUT2D eigenvalue weighted by molar-refractivity contribution is 0.0696. The van der Waals surface area contributed by atoms with Gasteiger partial charge in [-0.15, -0.1) is 0 Å². The number of aromatic carboxylic acids is 1. The van der Waals surface area contributed by atoms with Crippen molar-refractivity contribution in [3.63, 3.8) is 0 Å². The monoisotopic (exact) mass is 267 g/mol. The summed E-state index contributed by atoms with van der Waals surface area (Å²) in [6, 6.07) is 6.16. The van der Waals surface area contributed by atoms with Gasteiger partial charge < -0.3 is 19.9 Å². The number of amides is 1. The molecule has 0 aromatic heterocycles. The van der Waals surface area contributed by atoms with Crippen LogP contribution in [0.1, 0.15) is 23.7 Å². The number of hydrogen-bond donors (Lipinski definition) is 2. The van der Waals surface area contributed by atoms with Gasteiger partial charge in [0.05, 0.1) is 18.8 Å². The zero-order valence-corrected chi connectivity index (χ0v) is 10.7. The van der Waals surface area contributed by atoms with E-state index >= 15 is 0 Å². The first kappa shape index (κ1) is 14.8. The lowest BCUT2D eigenvalue weighted by atomic mass is 10.2. The molecule has 19 heavy (non-hydrogen) atoms. The highest BCUT2D eigenvalue weighted by Gasteiger charge is 2.02. The summed E-state index contributed by atoms with van der Waals surface area (Å²) >= 11 is 0. The second-order valence-corrected chi connectivity index (χ2v) is 3.68. The molecule has 0 saturated carbocycles. The number of ether oxygens (including phenoxy) is 2. The van der Waals surface area contributed by atoms with Crippen molar-refractivity contribution in [2.75, 3.05) is 19.8 Å². The van der Waals surface area contributed by atoms with Crippen molar-refractivity contribution >= 4 is 12.1 Å². The highest BCUT2D eigenvalue weighted by atomic mass is 16.5. The van der Waals surface area contributed by atoms with Gasteiger partial charge in [0.1, 0.15) is 5.75 Å². The van der Waals surface area contributed by atoms with Crippen molar-refractivity contribution in [1.29, 1.82) is 0 Å². The number of carboxylic acid groups (broad SMARTS) is 1. The molecule has 6 nitrogen and oxygen atoms in total. The summed E-state index contributed by atoms with van der Waals surface area (Å²) in [5, 5.41) is 11.3. The zero-order chi connectivity index (χ0) is 14.1. The van der Waals surface area contributed by atoms with E-state index in [4.69, 9.17) is 14.6 Å². The summed E-state index contributed by atoms with van der Waals surface area (Å²) in [5.41, 5.74) is 0.219. The predicted octanol–water partition coefficient (Wildman–Crippen LogP) is 1.90. The third-order valence-electron chi connectivity index (χ3n) is 2.24. The van der Waals surface area contributed by atoms with Gasteiger partial charge in [-0.2, -0.15) is 0 Å². The Bertz CT molecular complexity index is 416. The summed E-state index contributed by atoms with van der Waals surface area (Å²) < 4.78 is 10.1. The maximum absolute atomic E-state index is 10.9. The van der Waals surface area contributed by atoms with Gasteiger partial charge in [-0.25, -0.2) is 9.59 Å². The molecule has 0 saturated heterocycles. The smallest absolute Gasteiger partial charge is 0.407 e. The van der Waals surface area contributed by atoms with E-state index in [9.17, 15) is 9.59 Å². The second kappa shape index (κ2) is 7.97. The summed E-state index contributed by atoms with van der Waals surface area (Å²) in [6.45, 7) is 2.98. The molecule has 0 atom stereocenters. The van der Waals surface area contributed by atoms with Crippen LogP contribution in [0.5, 0.6) is 5.75 Å². The fourth-order valence-electron chi connectivity index (χ4n) is 1.33. The van der Waals surface area contributed by atoms with Crippen molar-refractivity contribution < 1.29 is 24.2 Å². The first-order chi connectivity index (χ1) is 9.13. The van der Waals surface area contributed by atoms with E-state index in [-0.39, 0.29) is 5.56 Å². The molecule has 1 rings (SSSR count). The average molecular weight is 267 g/mol. The molecule has 1 aromatic rings. The van der Waals surface area contributed by atoms with Crippen LogP contribution in [0, 0.1) is 0 Å². The van der Waals surface area contributed by atoms with E-state index in [0.717, 1.165) is 0 Å². The lowest BCUT2D eigenvalue weighted by Gasteiger charge is -2.07. The number of carbonyl (C=O) groups is 2. The topological polar surface area (TPSA) is 84.9 Å². The number of nitrogens with one attached hydrogen (secondary N) is 1. The summed E-state index contributed by atoms with van der Waals surface area (Å²) in [6.07, 6.45) is 0.202. The van der Waals surface area contributed by atoms with Crippen LogP contribution < -0.4 is 10.1 Å². The van der Waals surface area contributed by atoms with E-state index in [1.54, 1.807) is 19.1 Å². The van der Waals surface area contributed by atoms with E-state index in [0.29, 0.717) is 31.9 Å². The molecule has 6 heteroatoms. The molecular formula is C13H17NO5. The minimum atomic E-state index is -0.967.